The molecule has 1 aromatic heterocycles. The minimum atomic E-state index is -4.64. The molecular formula is C29H33BrClF4N4O3+. The number of alkyl halides is 4. The van der Waals surface area contributed by atoms with Crippen LogP contribution in [0, 0.1) is 5.92 Å². The summed E-state index contributed by atoms with van der Waals surface area (Å²) in [6.45, 7) is 5.05. The van der Waals surface area contributed by atoms with E-state index in [0.717, 1.165) is 6.08 Å². The van der Waals surface area contributed by atoms with Gasteiger partial charge in [-0.2, -0.15) is 13.2 Å². The highest BCUT2D eigenvalue weighted by atomic mass is 79.9. The molecule has 1 amide bonds. The molecule has 4 atom stereocenters. The maximum absolute atomic E-state index is 14.5. The summed E-state index contributed by atoms with van der Waals surface area (Å²) in [6, 6.07) is 1.64. The molecule has 2 unspecified atom stereocenters. The number of likely N-dealkylation sites (tertiary alicyclic amines) is 1. The van der Waals surface area contributed by atoms with E-state index >= 15 is 0 Å². The zero-order chi connectivity index (χ0) is 30.6. The number of allylic oxidation sites excluding steroid dienone is 2. The summed E-state index contributed by atoms with van der Waals surface area (Å²) < 4.78 is 62.4. The van der Waals surface area contributed by atoms with Gasteiger partial charge in [-0.25, -0.2) is 18.7 Å². The third kappa shape index (κ3) is 5.92. The lowest BCUT2D eigenvalue weighted by Gasteiger charge is -2.40. The van der Waals surface area contributed by atoms with E-state index in [1.54, 1.807) is 17.0 Å². The van der Waals surface area contributed by atoms with Crippen LogP contribution in [0.4, 0.5) is 17.6 Å². The van der Waals surface area contributed by atoms with Crippen LogP contribution in [0.1, 0.15) is 51.3 Å². The Hall–Kier alpha value is -2.28. The van der Waals surface area contributed by atoms with Gasteiger partial charge in [0.2, 0.25) is 0 Å². The van der Waals surface area contributed by atoms with Gasteiger partial charge in [-0.3, -0.25) is 4.79 Å². The van der Waals surface area contributed by atoms with Gasteiger partial charge >= 0.3 is 18.1 Å². The van der Waals surface area contributed by atoms with E-state index < -0.39 is 36.0 Å². The second-order valence-corrected chi connectivity index (χ2v) is 13.0. The normalized spacial score (nSPS) is 26.6. The number of pyridine rings is 1. The summed E-state index contributed by atoms with van der Waals surface area (Å²) in [7, 11) is 1.24. The lowest BCUT2D eigenvalue weighted by molar-refractivity contribution is -0.740. The molecule has 0 spiro atoms. The Morgan fingerprint density at radius 3 is 2.64 bits per heavy atom. The summed E-state index contributed by atoms with van der Waals surface area (Å²) in [5.41, 5.74) is 0.473. The number of carbonyl (C=O) groups is 2. The topological polar surface area (TPSA) is 62.7 Å². The van der Waals surface area contributed by atoms with Crippen molar-refractivity contribution in [3.05, 3.63) is 62.3 Å². The number of methoxy groups -OCH3 is 1. The number of halogens is 6. The summed E-state index contributed by atoms with van der Waals surface area (Å²) in [6.07, 6.45) is -2.37. The van der Waals surface area contributed by atoms with Crippen LogP contribution in [0.3, 0.4) is 0 Å². The lowest BCUT2D eigenvalue weighted by Crippen LogP contribution is -2.54. The molecule has 5 heterocycles. The fraction of sp³-hybridized carbons (Fsp3) is 0.552. The summed E-state index contributed by atoms with van der Waals surface area (Å²) in [4.78, 5) is 35.0. The molecule has 2 saturated heterocycles. The molecule has 0 bridgehead atoms. The zero-order valence-electron chi connectivity index (χ0n) is 23.6. The minimum absolute atomic E-state index is 0.0511. The van der Waals surface area contributed by atoms with Gasteiger partial charge in [-0.1, -0.05) is 41.4 Å². The number of fused-ring (bicyclic) bond motifs is 2. The number of esters is 1. The van der Waals surface area contributed by atoms with E-state index in [1.165, 1.54) is 13.3 Å². The number of quaternary nitrogens is 1. The van der Waals surface area contributed by atoms with Gasteiger partial charge in [0.1, 0.15) is 35.2 Å². The molecule has 42 heavy (non-hydrogen) atoms. The number of nitrogens with zero attached hydrogens (tertiary/aromatic N) is 4. The fourth-order valence-corrected chi connectivity index (χ4v) is 7.21. The van der Waals surface area contributed by atoms with Gasteiger partial charge < -0.3 is 14.5 Å². The molecule has 5 rings (SSSR count). The molecule has 4 aliphatic heterocycles. The van der Waals surface area contributed by atoms with Crippen LogP contribution in [0.25, 0.3) is 0 Å². The average Bonchev–Trinajstić information content (AvgIpc) is 3.53. The fourth-order valence-electron chi connectivity index (χ4n) is 6.41. The van der Waals surface area contributed by atoms with Gasteiger partial charge in [0.25, 0.3) is 0 Å². The van der Waals surface area contributed by atoms with E-state index in [4.69, 9.17) is 16.3 Å². The van der Waals surface area contributed by atoms with E-state index in [2.05, 4.69) is 20.9 Å². The average molecular weight is 677 g/mol. The monoisotopic (exact) mass is 675 g/mol. The van der Waals surface area contributed by atoms with Crippen molar-refractivity contribution in [1.29, 1.82) is 0 Å². The first kappa shape index (κ1) is 31.2. The highest BCUT2D eigenvalue weighted by molar-refractivity contribution is 9.10. The summed E-state index contributed by atoms with van der Waals surface area (Å²) in [5.74, 6) is -0.740. The number of hydrogen-bond donors (Lipinski definition) is 0. The van der Waals surface area contributed by atoms with Gasteiger partial charge in [0, 0.05) is 30.3 Å². The predicted molar refractivity (Wildman–Crippen MR) is 151 cm³/mol. The van der Waals surface area contributed by atoms with Crippen LogP contribution in [0.2, 0.25) is 5.15 Å². The van der Waals surface area contributed by atoms with Gasteiger partial charge in [-0.15, -0.1) is 0 Å². The van der Waals surface area contributed by atoms with Crippen LogP contribution in [0.15, 0.2) is 51.4 Å². The molecule has 0 aliphatic carbocycles. The van der Waals surface area contributed by atoms with E-state index in [-0.39, 0.29) is 53.0 Å². The van der Waals surface area contributed by atoms with Crippen molar-refractivity contribution in [2.45, 2.75) is 64.0 Å². The van der Waals surface area contributed by atoms with Crippen LogP contribution >= 0.6 is 27.5 Å². The maximum atomic E-state index is 14.5. The molecular weight excluding hydrogens is 644 g/mol. The second-order valence-electron chi connectivity index (χ2n) is 11.7. The number of hydrogen-bond acceptors (Lipinski definition) is 6. The largest absolute Gasteiger partial charge is 0.469 e. The Kier molecular flexibility index (Phi) is 8.65. The van der Waals surface area contributed by atoms with Crippen molar-refractivity contribution >= 4 is 39.4 Å². The van der Waals surface area contributed by atoms with E-state index in [1.807, 2.05) is 18.7 Å². The van der Waals surface area contributed by atoms with Crippen LogP contribution < -0.4 is 0 Å². The molecule has 13 heteroatoms. The zero-order valence-corrected chi connectivity index (χ0v) is 25.9. The summed E-state index contributed by atoms with van der Waals surface area (Å²) >= 11 is 9.64. The Labute approximate surface area is 255 Å². The van der Waals surface area contributed by atoms with Gasteiger partial charge in [-0.05, 0) is 49.0 Å². The Morgan fingerprint density at radius 2 is 2.05 bits per heavy atom. The number of rotatable bonds is 9. The van der Waals surface area contributed by atoms with Crippen LogP contribution in [-0.2, 0) is 14.3 Å². The highest BCUT2D eigenvalue weighted by Crippen LogP contribution is 2.56. The Balaban J connectivity index is 1.61. The Morgan fingerprint density at radius 1 is 1.31 bits per heavy atom. The smallest absolute Gasteiger partial charge is 0.416 e. The quantitative estimate of drug-likeness (QED) is 0.102. The molecule has 7 nitrogen and oxygen atoms in total. The van der Waals surface area contributed by atoms with Gasteiger partial charge in [0.15, 0.2) is 18.3 Å². The Bertz CT molecular complexity index is 1360. The molecule has 4 aliphatic rings. The highest BCUT2D eigenvalue weighted by Gasteiger charge is 2.70. The molecule has 0 N–H and O–H groups in total. The third-order valence-electron chi connectivity index (χ3n) is 8.44. The number of ether oxygens (including phenoxy) is 1. The minimum Gasteiger partial charge on any atom is -0.469 e. The van der Waals surface area contributed by atoms with Crippen molar-refractivity contribution in [2.75, 3.05) is 33.3 Å². The van der Waals surface area contributed by atoms with E-state index in [0.29, 0.717) is 47.5 Å². The molecule has 0 saturated carbocycles. The van der Waals surface area contributed by atoms with Crippen LogP contribution in [0.5, 0.6) is 0 Å². The van der Waals surface area contributed by atoms with Gasteiger partial charge in [0.05, 0.1) is 12.7 Å². The molecule has 1 aromatic rings. The number of carbonyl (C=O) groups excluding carboxylic acids is 2. The standard InChI is InChI=1S/C29H33BrClF4N4O3/c1-16(2)8-23-28(41)39(24(12-27(40)42-3)21-9-18(30)10-26(31)36-21)15-25(39)22-11-20(29(33,34)35)17(13-38(22)23)4-6-37-7-5-19(32)14-37/h9-11,13,16,19,23-24H,4-8,12,14-15H2,1-3H3/q+1/t19-,23?,24+,39?/m1/s1. The first-order valence-electron chi connectivity index (χ1n) is 13.9. The molecule has 228 valence electrons. The molecule has 0 radical (unpaired) electrons. The van der Waals surface area contributed by atoms with Crippen molar-refractivity contribution in [3.63, 3.8) is 0 Å². The SMILES string of the molecule is COC(=O)C[C@@H](c1cc(Br)cc(Cl)n1)[N+]12CC1=C1C=C(C(F)(F)F)C(CCN3CC[C@@H](F)C3)=CN1C(CC(C)C)C2=O. The number of amides is 1. The van der Waals surface area contributed by atoms with Crippen LogP contribution in [-0.4, -0.2) is 82.8 Å². The maximum Gasteiger partial charge on any atom is 0.416 e. The number of aromatic nitrogens is 1. The lowest BCUT2D eigenvalue weighted by atomic mass is 9.92. The first-order valence-corrected chi connectivity index (χ1v) is 15.1. The van der Waals surface area contributed by atoms with Crippen molar-refractivity contribution < 1.29 is 36.4 Å². The third-order valence-corrected chi connectivity index (χ3v) is 9.09. The molecule has 0 aromatic carbocycles. The van der Waals surface area contributed by atoms with Crippen molar-refractivity contribution in [1.82, 2.24) is 14.8 Å². The molecule has 2 fully saturated rings. The van der Waals surface area contributed by atoms with E-state index in [9.17, 15) is 27.2 Å². The second kappa shape index (κ2) is 11.7. The first-order chi connectivity index (χ1) is 19.7. The summed E-state index contributed by atoms with van der Waals surface area (Å²) in [5, 5.41) is 0.148. The van der Waals surface area contributed by atoms with Crippen molar-refractivity contribution in [2.24, 2.45) is 5.92 Å². The predicted octanol–water partition coefficient (Wildman–Crippen LogP) is 6.22. The van der Waals surface area contributed by atoms with Crippen molar-refractivity contribution in [3.8, 4) is 0 Å².